The fraction of sp³-hybridized carbons (Fsp3) is 0.364. The van der Waals surface area contributed by atoms with E-state index < -0.39 is 0 Å². The summed E-state index contributed by atoms with van der Waals surface area (Å²) in [4.78, 5) is 20.7. The Morgan fingerprint density at radius 2 is 2.37 bits per heavy atom. The minimum absolute atomic E-state index is 0.200. The molecule has 0 spiro atoms. The number of thiazole rings is 2. The Hall–Kier alpha value is -1.67. The van der Waals surface area contributed by atoms with Crippen LogP contribution in [0.3, 0.4) is 0 Å². The molecule has 1 fully saturated rings. The number of nitrogens with zero attached hydrogens (tertiary/aromatic N) is 2. The Labute approximate surface area is 118 Å². The van der Waals surface area contributed by atoms with E-state index in [-0.39, 0.29) is 11.7 Å². The van der Waals surface area contributed by atoms with Crippen LogP contribution in [0.4, 0.5) is 10.9 Å². The Balaban J connectivity index is 1.63. The van der Waals surface area contributed by atoms with E-state index >= 15 is 0 Å². The van der Waals surface area contributed by atoms with Gasteiger partial charge in [0, 0.05) is 17.6 Å². The molecule has 8 heteroatoms. The normalized spacial score (nSPS) is 14.3. The highest BCUT2D eigenvalue weighted by molar-refractivity contribution is 7.18. The number of nitrogens with one attached hydrogen (secondary N) is 2. The molecule has 6 nitrogen and oxygen atoms in total. The fourth-order valence-electron chi connectivity index (χ4n) is 1.54. The first-order valence-electron chi connectivity index (χ1n) is 5.92. The third-order valence-corrected chi connectivity index (χ3v) is 4.43. The first kappa shape index (κ1) is 12.4. The predicted octanol–water partition coefficient (Wildman–Crippen LogP) is 1.69. The maximum Gasteiger partial charge on any atom is 0.265 e. The highest BCUT2D eigenvalue weighted by atomic mass is 32.1. The molecule has 2 heterocycles. The summed E-state index contributed by atoms with van der Waals surface area (Å²) < 4.78 is 0. The second kappa shape index (κ2) is 5.14. The lowest BCUT2D eigenvalue weighted by atomic mass is 10.4. The second-order valence-electron chi connectivity index (χ2n) is 4.26. The summed E-state index contributed by atoms with van der Waals surface area (Å²) in [7, 11) is 0. The quantitative estimate of drug-likeness (QED) is 0.780. The van der Waals surface area contributed by atoms with Crippen molar-refractivity contribution in [3.63, 3.8) is 0 Å². The van der Waals surface area contributed by atoms with Crippen LogP contribution in [-0.2, 0) is 6.54 Å². The van der Waals surface area contributed by atoms with Crippen LogP contribution in [0.15, 0.2) is 11.6 Å². The molecule has 2 aromatic heterocycles. The standard InChI is InChI=1S/C11H13N5OS2/c12-9-8(19-11(16-9)15-6-1-2-6)10(17)14-5-7-13-3-4-18-7/h3-4,6H,1-2,5,12H2,(H,14,17)(H,15,16). The van der Waals surface area contributed by atoms with Gasteiger partial charge in [-0.05, 0) is 12.8 Å². The van der Waals surface area contributed by atoms with E-state index in [0.717, 1.165) is 23.0 Å². The molecular weight excluding hydrogens is 282 g/mol. The largest absolute Gasteiger partial charge is 0.382 e. The van der Waals surface area contributed by atoms with Crippen LogP contribution < -0.4 is 16.4 Å². The minimum Gasteiger partial charge on any atom is -0.382 e. The molecule has 4 N–H and O–H groups in total. The first-order chi connectivity index (χ1) is 9.22. The average Bonchev–Trinajstić information content (AvgIpc) is 2.90. The van der Waals surface area contributed by atoms with Gasteiger partial charge in [0.25, 0.3) is 5.91 Å². The van der Waals surface area contributed by atoms with Crippen LogP contribution in [0.1, 0.15) is 27.5 Å². The van der Waals surface area contributed by atoms with Gasteiger partial charge in [-0.1, -0.05) is 11.3 Å². The van der Waals surface area contributed by atoms with Gasteiger partial charge in [0.05, 0.1) is 6.54 Å². The molecule has 3 rings (SSSR count). The summed E-state index contributed by atoms with van der Waals surface area (Å²) >= 11 is 2.80. The van der Waals surface area contributed by atoms with Gasteiger partial charge in [-0.15, -0.1) is 11.3 Å². The lowest BCUT2D eigenvalue weighted by molar-refractivity contribution is 0.0955. The van der Waals surface area contributed by atoms with Crippen LogP contribution in [0.25, 0.3) is 0 Å². The zero-order chi connectivity index (χ0) is 13.2. The van der Waals surface area contributed by atoms with Gasteiger partial charge in [0.2, 0.25) is 0 Å². The molecule has 19 heavy (non-hydrogen) atoms. The van der Waals surface area contributed by atoms with E-state index in [2.05, 4.69) is 20.6 Å². The maximum atomic E-state index is 12.0. The topological polar surface area (TPSA) is 92.9 Å². The Kier molecular flexibility index (Phi) is 3.34. The molecule has 0 saturated heterocycles. The van der Waals surface area contributed by atoms with E-state index in [9.17, 15) is 4.79 Å². The van der Waals surface area contributed by atoms with Crippen molar-refractivity contribution in [2.45, 2.75) is 25.4 Å². The number of aromatic nitrogens is 2. The van der Waals surface area contributed by atoms with Crippen LogP contribution in [0.5, 0.6) is 0 Å². The van der Waals surface area contributed by atoms with E-state index in [1.54, 1.807) is 6.20 Å². The molecule has 0 aromatic carbocycles. The van der Waals surface area contributed by atoms with E-state index in [4.69, 9.17) is 5.73 Å². The number of amides is 1. The fourth-order valence-corrected chi connectivity index (χ4v) is 2.97. The summed E-state index contributed by atoms with van der Waals surface area (Å²) in [6.07, 6.45) is 4.03. The Morgan fingerprint density at radius 3 is 3.05 bits per heavy atom. The zero-order valence-corrected chi connectivity index (χ0v) is 11.7. The van der Waals surface area contributed by atoms with E-state index in [1.165, 1.54) is 22.7 Å². The number of nitrogens with two attached hydrogens (primary N) is 1. The highest BCUT2D eigenvalue weighted by Crippen LogP contribution is 2.30. The summed E-state index contributed by atoms with van der Waals surface area (Å²) in [6, 6.07) is 0.497. The molecule has 2 aromatic rings. The average molecular weight is 295 g/mol. The highest BCUT2D eigenvalue weighted by Gasteiger charge is 2.24. The number of hydrogen-bond acceptors (Lipinski definition) is 7. The van der Waals surface area contributed by atoms with Crippen molar-refractivity contribution in [1.82, 2.24) is 15.3 Å². The first-order valence-corrected chi connectivity index (χ1v) is 7.61. The molecule has 1 amide bonds. The van der Waals surface area contributed by atoms with Crippen LogP contribution >= 0.6 is 22.7 Å². The van der Waals surface area contributed by atoms with Crippen molar-refractivity contribution in [2.24, 2.45) is 0 Å². The van der Waals surface area contributed by atoms with Crippen LogP contribution in [0, 0.1) is 0 Å². The smallest absolute Gasteiger partial charge is 0.265 e. The van der Waals surface area contributed by atoms with Crippen molar-refractivity contribution >= 4 is 39.5 Å². The number of nitrogen functional groups attached to an aromatic ring is 1. The van der Waals surface area contributed by atoms with Gasteiger partial charge in [-0.2, -0.15) is 0 Å². The predicted molar refractivity (Wildman–Crippen MR) is 76.5 cm³/mol. The summed E-state index contributed by atoms with van der Waals surface area (Å²) in [5.41, 5.74) is 5.77. The number of anilines is 2. The molecule has 1 saturated carbocycles. The van der Waals surface area contributed by atoms with Crippen molar-refractivity contribution in [3.05, 3.63) is 21.5 Å². The summed E-state index contributed by atoms with van der Waals surface area (Å²) in [5, 5.41) is 9.50. The minimum atomic E-state index is -0.200. The van der Waals surface area contributed by atoms with Crippen molar-refractivity contribution < 1.29 is 4.79 Å². The maximum absolute atomic E-state index is 12.0. The third kappa shape index (κ3) is 3.02. The van der Waals surface area contributed by atoms with Crippen LogP contribution in [0.2, 0.25) is 0 Å². The number of hydrogen-bond donors (Lipinski definition) is 3. The van der Waals surface area contributed by atoms with Crippen molar-refractivity contribution in [2.75, 3.05) is 11.1 Å². The number of carbonyl (C=O) groups excluding carboxylic acids is 1. The van der Waals surface area contributed by atoms with Gasteiger partial charge < -0.3 is 16.4 Å². The number of carbonyl (C=O) groups is 1. The molecular formula is C11H13N5OS2. The van der Waals surface area contributed by atoms with E-state index in [1.807, 2.05) is 5.38 Å². The number of rotatable bonds is 5. The second-order valence-corrected chi connectivity index (χ2v) is 6.24. The zero-order valence-electron chi connectivity index (χ0n) is 10.0. The third-order valence-electron chi connectivity index (χ3n) is 2.65. The monoisotopic (exact) mass is 295 g/mol. The molecule has 1 aliphatic rings. The Morgan fingerprint density at radius 1 is 1.53 bits per heavy atom. The lowest BCUT2D eigenvalue weighted by Gasteiger charge is -2.00. The van der Waals surface area contributed by atoms with Gasteiger partial charge >= 0.3 is 0 Å². The van der Waals surface area contributed by atoms with Gasteiger partial charge in [-0.3, -0.25) is 4.79 Å². The van der Waals surface area contributed by atoms with Crippen LogP contribution in [-0.4, -0.2) is 21.9 Å². The SMILES string of the molecule is Nc1nc(NC2CC2)sc1C(=O)NCc1nccs1. The molecule has 1 aliphatic carbocycles. The molecule has 0 atom stereocenters. The van der Waals surface area contributed by atoms with Gasteiger partial charge in [0.1, 0.15) is 15.7 Å². The molecule has 100 valence electrons. The van der Waals surface area contributed by atoms with E-state index in [0.29, 0.717) is 17.5 Å². The van der Waals surface area contributed by atoms with Gasteiger partial charge in [-0.25, -0.2) is 9.97 Å². The molecule has 0 radical (unpaired) electrons. The summed E-state index contributed by atoms with van der Waals surface area (Å²) in [6.45, 7) is 0.416. The molecule has 0 bridgehead atoms. The molecule has 0 aliphatic heterocycles. The summed E-state index contributed by atoms with van der Waals surface area (Å²) in [5.74, 6) is 0.0823. The molecule has 0 unspecified atom stereocenters. The Bertz CT molecular complexity index is 576. The lowest BCUT2D eigenvalue weighted by Crippen LogP contribution is -2.22. The van der Waals surface area contributed by atoms with Gasteiger partial charge in [0.15, 0.2) is 5.13 Å². The van der Waals surface area contributed by atoms with Crippen molar-refractivity contribution in [1.29, 1.82) is 0 Å². The van der Waals surface area contributed by atoms with Crippen molar-refractivity contribution in [3.8, 4) is 0 Å².